The molecule has 0 aliphatic heterocycles. The fourth-order valence-electron chi connectivity index (χ4n) is 3.14. The average molecular weight is 405 g/mol. The van der Waals surface area contributed by atoms with Gasteiger partial charge in [0.15, 0.2) is 0 Å². The van der Waals surface area contributed by atoms with Crippen LogP contribution in [0, 0.1) is 6.92 Å². The summed E-state index contributed by atoms with van der Waals surface area (Å²) in [5, 5.41) is 7.81. The van der Waals surface area contributed by atoms with Crippen LogP contribution in [0.4, 0.5) is 5.69 Å². The lowest BCUT2D eigenvalue weighted by Crippen LogP contribution is -2.27. The van der Waals surface area contributed by atoms with Crippen molar-refractivity contribution in [2.75, 3.05) is 18.5 Å². The summed E-state index contributed by atoms with van der Waals surface area (Å²) in [6, 6.07) is 19.1. The molecule has 30 heavy (non-hydrogen) atoms. The summed E-state index contributed by atoms with van der Waals surface area (Å²) >= 11 is 0. The minimum atomic E-state index is -0.182. The highest BCUT2D eigenvalue weighted by molar-refractivity contribution is 5.99. The van der Waals surface area contributed by atoms with Crippen molar-refractivity contribution in [1.82, 2.24) is 5.32 Å². The van der Waals surface area contributed by atoms with Gasteiger partial charge < -0.3 is 15.4 Å². The number of nitrogens with one attached hydrogen (secondary N) is 2. The van der Waals surface area contributed by atoms with Crippen molar-refractivity contribution in [2.45, 2.75) is 33.1 Å². The van der Waals surface area contributed by atoms with E-state index >= 15 is 0 Å². The first-order valence-electron chi connectivity index (χ1n) is 10.4. The van der Waals surface area contributed by atoms with Crippen LogP contribution in [-0.4, -0.2) is 25.0 Å². The number of hydrogen-bond donors (Lipinski definition) is 2. The summed E-state index contributed by atoms with van der Waals surface area (Å²) in [7, 11) is 0. The molecule has 156 valence electrons. The minimum Gasteiger partial charge on any atom is -0.494 e. The maximum atomic E-state index is 12.4. The molecule has 0 bridgehead atoms. The van der Waals surface area contributed by atoms with Crippen molar-refractivity contribution in [1.29, 1.82) is 0 Å². The average Bonchev–Trinajstić information content (AvgIpc) is 2.75. The van der Waals surface area contributed by atoms with Crippen molar-refractivity contribution < 1.29 is 14.3 Å². The Kier molecular flexibility index (Phi) is 7.44. The summed E-state index contributed by atoms with van der Waals surface area (Å²) in [6.45, 7) is 5.02. The van der Waals surface area contributed by atoms with Crippen LogP contribution in [-0.2, 0) is 4.79 Å². The highest BCUT2D eigenvalue weighted by Gasteiger charge is 2.09. The highest BCUT2D eigenvalue weighted by Crippen LogP contribution is 2.22. The first-order valence-corrected chi connectivity index (χ1v) is 10.4. The lowest BCUT2D eigenvalue weighted by atomic mass is 10.1. The molecule has 0 atom stereocenters. The van der Waals surface area contributed by atoms with Crippen LogP contribution in [0.3, 0.4) is 0 Å². The number of unbranched alkanes of at least 4 members (excludes halogenated alkanes) is 1. The van der Waals surface area contributed by atoms with Crippen molar-refractivity contribution in [2.24, 2.45) is 0 Å². The predicted molar refractivity (Wildman–Crippen MR) is 121 cm³/mol. The fraction of sp³-hybridized carbons (Fsp3) is 0.280. The highest BCUT2D eigenvalue weighted by atomic mass is 16.5. The standard InChI is InChI=1S/C25H28N2O3/c1-3-4-15-30-22-11-12-23(18(2)16-22)27-24(28)13-14-26-25(29)21-10-9-19-7-5-6-8-20(19)17-21/h5-12,16-17H,3-4,13-15H2,1-2H3,(H,26,29)(H,27,28). The molecule has 0 fully saturated rings. The molecule has 0 unspecified atom stereocenters. The van der Waals surface area contributed by atoms with Crippen LogP contribution in [0.15, 0.2) is 60.7 Å². The van der Waals surface area contributed by atoms with Gasteiger partial charge in [-0.2, -0.15) is 0 Å². The van der Waals surface area contributed by atoms with Crippen molar-refractivity contribution >= 4 is 28.3 Å². The molecule has 0 aromatic heterocycles. The number of aryl methyl sites for hydroxylation is 1. The third kappa shape index (κ3) is 5.83. The molecule has 5 heteroatoms. The van der Waals surface area contributed by atoms with Crippen LogP contribution in [0.5, 0.6) is 5.75 Å². The molecule has 2 amide bonds. The summed E-state index contributed by atoms with van der Waals surface area (Å²) < 4.78 is 5.69. The van der Waals surface area contributed by atoms with Crippen LogP contribution >= 0.6 is 0 Å². The number of carbonyl (C=O) groups excluding carboxylic acids is 2. The van der Waals surface area contributed by atoms with E-state index in [0.29, 0.717) is 12.2 Å². The van der Waals surface area contributed by atoms with Gasteiger partial charge in [-0.05, 0) is 60.0 Å². The predicted octanol–water partition coefficient (Wildman–Crippen LogP) is 5.09. The van der Waals surface area contributed by atoms with E-state index in [1.807, 2.05) is 61.5 Å². The second kappa shape index (κ2) is 10.4. The van der Waals surface area contributed by atoms with E-state index in [0.717, 1.165) is 40.6 Å². The summed E-state index contributed by atoms with van der Waals surface area (Å²) in [6.07, 6.45) is 2.31. The van der Waals surface area contributed by atoms with Crippen LogP contribution in [0.25, 0.3) is 10.8 Å². The first-order chi connectivity index (χ1) is 14.6. The Hall–Kier alpha value is -3.34. The van der Waals surface area contributed by atoms with E-state index in [1.165, 1.54) is 0 Å². The molecule has 3 aromatic carbocycles. The molecule has 0 aliphatic carbocycles. The zero-order valence-corrected chi connectivity index (χ0v) is 17.5. The van der Waals surface area contributed by atoms with E-state index in [2.05, 4.69) is 17.6 Å². The fourth-order valence-corrected chi connectivity index (χ4v) is 3.14. The van der Waals surface area contributed by atoms with Gasteiger partial charge in [0, 0.05) is 24.2 Å². The number of anilines is 1. The van der Waals surface area contributed by atoms with E-state index in [4.69, 9.17) is 4.74 Å². The minimum absolute atomic E-state index is 0.142. The smallest absolute Gasteiger partial charge is 0.251 e. The molecule has 3 rings (SSSR count). The van der Waals surface area contributed by atoms with E-state index in [9.17, 15) is 9.59 Å². The van der Waals surface area contributed by atoms with Gasteiger partial charge in [-0.3, -0.25) is 9.59 Å². The molecule has 0 spiro atoms. The lowest BCUT2D eigenvalue weighted by molar-refractivity contribution is -0.116. The zero-order chi connectivity index (χ0) is 21.3. The Bertz CT molecular complexity index is 1030. The lowest BCUT2D eigenvalue weighted by Gasteiger charge is -2.12. The molecule has 0 heterocycles. The van der Waals surface area contributed by atoms with Gasteiger partial charge in [-0.1, -0.05) is 43.7 Å². The molecule has 0 radical (unpaired) electrons. The van der Waals surface area contributed by atoms with E-state index in [-0.39, 0.29) is 24.8 Å². The largest absolute Gasteiger partial charge is 0.494 e. The van der Waals surface area contributed by atoms with Crippen molar-refractivity contribution in [3.8, 4) is 5.75 Å². The van der Waals surface area contributed by atoms with E-state index in [1.54, 1.807) is 6.07 Å². The Morgan fingerprint density at radius 3 is 2.53 bits per heavy atom. The number of carbonyl (C=O) groups is 2. The summed E-state index contributed by atoms with van der Waals surface area (Å²) in [4.78, 5) is 24.6. The molecule has 0 saturated carbocycles. The number of benzene rings is 3. The summed E-state index contributed by atoms with van der Waals surface area (Å²) in [5.41, 5.74) is 2.28. The number of rotatable bonds is 9. The third-order valence-electron chi connectivity index (χ3n) is 4.89. The zero-order valence-electron chi connectivity index (χ0n) is 17.5. The monoisotopic (exact) mass is 404 g/mol. The number of fused-ring (bicyclic) bond motifs is 1. The second-order valence-corrected chi connectivity index (χ2v) is 7.29. The second-order valence-electron chi connectivity index (χ2n) is 7.29. The van der Waals surface area contributed by atoms with Crippen LogP contribution in [0.1, 0.15) is 42.1 Å². The van der Waals surface area contributed by atoms with Gasteiger partial charge in [0.05, 0.1) is 6.61 Å². The van der Waals surface area contributed by atoms with Gasteiger partial charge in [-0.25, -0.2) is 0 Å². The topological polar surface area (TPSA) is 67.4 Å². The molecular formula is C25H28N2O3. The first kappa shape index (κ1) is 21.4. The molecule has 0 saturated heterocycles. The number of hydrogen-bond acceptors (Lipinski definition) is 3. The number of amides is 2. The summed E-state index contributed by atoms with van der Waals surface area (Å²) in [5.74, 6) is 0.483. The number of ether oxygens (including phenoxy) is 1. The van der Waals surface area contributed by atoms with Crippen LogP contribution < -0.4 is 15.4 Å². The Morgan fingerprint density at radius 2 is 1.77 bits per heavy atom. The Morgan fingerprint density at radius 1 is 0.967 bits per heavy atom. The Balaban J connectivity index is 1.47. The quantitative estimate of drug-likeness (QED) is 0.489. The van der Waals surface area contributed by atoms with Gasteiger partial charge >= 0.3 is 0 Å². The molecule has 0 aliphatic rings. The maximum Gasteiger partial charge on any atom is 0.251 e. The van der Waals surface area contributed by atoms with E-state index < -0.39 is 0 Å². The van der Waals surface area contributed by atoms with Crippen molar-refractivity contribution in [3.05, 3.63) is 71.8 Å². The Labute approximate surface area is 177 Å². The molecule has 2 N–H and O–H groups in total. The molecule has 3 aromatic rings. The normalized spacial score (nSPS) is 10.6. The van der Waals surface area contributed by atoms with Gasteiger partial charge in [0.25, 0.3) is 5.91 Å². The van der Waals surface area contributed by atoms with Gasteiger partial charge in [0.1, 0.15) is 5.75 Å². The van der Waals surface area contributed by atoms with Crippen molar-refractivity contribution in [3.63, 3.8) is 0 Å². The SMILES string of the molecule is CCCCOc1ccc(NC(=O)CCNC(=O)c2ccc3ccccc3c2)c(C)c1. The van der Waals surface area contributed by atoms with Gasteiger partial charge in [-0.15, -0.1) is 0 Å². The van der Waals surface area contributed by atoms with Gasteiger partial charge in [0.2, 0.25) is 5.91 Å². The molecule has 5 nitrogen and oxygen atoms in total. The maximum absolute atomic E-state index is 12.4. The third-order valence-corrected chi connectivity index (χ3v) is 4.89. The molecular weight excluding hydrogens is 376 g/mol. The van der Waals surface area contributed by atoms with Crippen LogP contribution in [0.2, 0.25) is 0 Å².